The molecule has 0 saturated heterocycles. The molecule has 0 radical (unpaired) electrons. The van der Waals surface area contributed by atoms with Crippen LogP contribution in [0.25, 0.3) is 0 Å². The number of aliphatic carboxylic acids is 1. The lowest BCUT2D eigenvalue weighted by Gasteiger charge is -2.34. The van der Waals surface area contributed by atoms with Crippen molar-refractivity contribution in [2.75, 3.05) is 11.4 Å². The predicted octanol–water partition coefficient (Wildman–Crippen LogP) is 4.89. The third-order valence-corrected chi connectivity index (χ3v) is 7.02. The Morgan fingerprint density at radius 3 is 2.57 bits per heavy atom. The molecule has 28 heavy (non-hydrogen) atoms. The fourth-order valence-electron chi connectivity index (χ4n) is 4.05. The zero-order chi connectivity index (χ0) is 19.9. The third-order valence-electron chi connectivity index (χ3n) is 5.63. The van der Waals surface area contributed by atoms with Gasteiger partial charge in [0.25, 0.3) is 5.91 Å². The van der Waals surface area contributed by atoms with E-state index in [0.717, 1.165) is 48.6 Å². The maximum atomic E-state index is 12.7. The Bertz CT molecular complexity index is 717. The van der Waals surface area contributed by atoms with Crippen LogP contribution >= 0.6 is 11.8 Å². The number of hydrogen-bond acceptors (Lipinski definition) is 4. The van der Waals surface area contributed by atoms with Crippen molar-refractivity contribution in [2.24, 2.45) is 10.9 Å². The van der Waals surface area contributed by atoms with E-state index in [1.807, 2.05) is 12.1 Å². The van der Waals surface area contributed by atoms with Crippen molar-refractivity contribution in [1.29, 1.82) is 0 Å². The summed E-state index contributed by atoms with van der Waals surface area (Å²) >= 11 is 1.78. The first-order chi connectivity index (χ1) is 13.6. The molecular formula is C22H30N2O3S. The highest BCUT2D eigenvalue weighted by molar-refractivity contribution is 8.14. The van der Waals surface area contributed by atoms with Gasteiger partial charge >= 0.3 is 5.97 Å². The van der Waals surface area contributed by atoms with Gasteiger partial charge in [0.15, 0.2) is 5.17 Å². The second kappa shape index (κ2) is 10.1. The van der Waals surface area contributed by atoms with Crippen LogP contribution in [-0.2, 0) is 16.0 Å². The van der Waals surface area contributed by atoms with E-state index in [-0.39, 0.29) is 18.2 Å². The number of amidine groups is 1. The number of fused-ring (bicyclic) bond motifs is 1. The van der Waals surface area contributed by atoms with E-state index in [0.29, 0.717) is 11.7 Å². The number of amides is 1. The topological polar surface area (TPSA) is 70.0 Å². The molecule has 1 aromatic rings. The Labute approximate surface area is 171 Å². The van der Waals surface area contributed by atoms with Crippen molar-refractivity contribution < 1.29 is 14.7 Å². The van der Waals surface area contributed by atoms with Gasteiger partial charge in [0.2, 0.25) is 0 Å². The van der Waals surface area contributed by atoms with E-state index in [9.17, 15) is 9.59 Å². The van der Waals surface area contributed by atoms with E-state index in [1.165, 1.54) is 19.3 Å². The molecule has 1 saturated carbocycles. The summed E-state index contributed by atoms with van der Waals surface area (Å²) < 4.78 is 0. The molecule has 1 heterocycles. The molecule has 2 unspecified atom stereocenters. The summed E-state index contributed by atoms with van der Waals surface area (Å²) in [6.07, 6.45) is 8.52. The molecular weight excluding hydrogens is 372 g/mol. The normalized spacial score (nSPS) is 22.6. The first-order valence-corrected chi connectivity index (χ1v) is 11.3. The minimum atomic E-state index is -0.752. The second-order valence-electron chi connectivity index (χ2n) is 7.64. The Balaban J connectivity index is 1.70. The number of carbonyl (C=O) groups excluding carboxylic acids is 1. The summed E-state index contributed by atoms with van der Waals surface area (Å²) in [5.41, 5.74) is 2.17. The number of anilines is 1. The molecule has 1 fully saturated rings. The first kappa shape index (κ1) is 20.9. The van der Waals surface area contributed by atoms with Gasteiger partial charge in [-0.25, -0.2) is 0 Å². The smallest absolute Gasteiger partial charge is 0.303 e. The highest BCUT2D eigenvalue weighted by Gasteiger charge is 2.36. The van der Waals surface area contributed by atoms with E-state index in [2.05, 4.69) is 28.9 Å². The highest BCUT2D eigenvalue weighted by atomic mass is 32.2. The molecule has 1 amide bonds. The van der Waals surface area contributed by atoms with Crippen molar-refractivity contribution in [3.8, 4) is 0 Å². The fraction of sp³-hybridized carbons (Fsp3) is 0.591. The summed E-state index contributed by atoms with van der Waals surface area (Å²) in [5.74, 6) is -0.605. The third kappa shape index (κ3) is 5.37. The fourth-order valence-corrected chi connectivity index (χ4v) is 5.53. The molecule has 6 heteroatoms. The number of aliphatic imine (C=N–C) groups is 1. The number of nitrogens with zero attached hydrogens (tertiary/aromatic N) is 2. The van der Waals surface area contributed by atoms with E-state index >= 15 is 0 Å². The van der Waals surface area contributed by atoms with Gasteiger partial charge in [-0.05, 0) is 50.3 Å². The van der Waals surface area contributed by atoms with Crippen LogP contribution in [0.4, 0.5) is 5.69 Å². The van der Waals surface area contributed by atoms with Gasteiger partial charge in [0, 0.05) is 23.9 Å². The standard InChI is InChI=1S/C22H30N2O3S/c1-2-24(17-14-12-16(13-15-17)8-7-11-20(25)26)22-23-21(27)18-9-5-3-4-6-10-19(18)28-22/h12-15,18-19H,2-11H2,1H3,(H,25,26). The zero-order valence-corrected chi connectivity index (χ0v) is 17.4. The first-order valence-electron chi connectivity index (χ1n) is 10.5. The summed E-state index contributed by atoms with van der Waals surface area (Å²) in [4.78, 5) is 30.0. The van der Waals surface area contributed by atoms with Crippen LogP contribution in [0.3, 0.4) is 0 Å². The van der Waals surface area contributed by atoms with Gasteiger partial charge in [0.1, 0.15) is 0 Å². The summed E-state index contributed by atoms with van der Waals surface area (Å²) in [6.45, 7) is 2.84. The molecule has 0 aromatic heterocycles. The Kier molecular flexibility index (Phi) is 7.54. The van der Waals surface area contributed by atoms with Crippen LogP contribution in [0.15, 0.2) is 29.3 Å². The molecule has 3 rings (SSSR count). The van der Waals surface area contributed by atoms with Gasteiger partial charge in [0.05, 0.1) is 5.92 Å². The number of carboxylic acids is 1. The van der Waals surface area contributed by atoms with E-state index in [4.69, 9.17) is 5.11 Å². The molecule has 1 aromatic carbocycles. The van der Waals surface area contributed by atoms with Crippen LogP contribution in [0.2, 0.25) is 0 Å². The minimum absolute atomic E-state index is 0.0596. The number of benzene rings is 1. The van der Waals surface area contributed by atoms with E-state index in [1.54, 1.807) is 11.8 Å². The van der Waals surface area contributed by atoms with Crippen molar-refractivity contribution >= 4 is 34.5 Å². The lowest BCUT2D eigenvalue weighted by Crippen LogP contribution is -2.39. The molecule has 5 nitrogen and oxygen atoms in total. The van der Waals surface area contributed by atoms with Gasteiger partial charge in [-0.3, -0.25) is 9.59 Å². The number of rotatable bonds is 6. The average molecular weight is 403 g/mol. The lowest BCUT2D eigenvalue weighted by molar-refractivity contribution is -0.137. The summed E-state index contributed by atoms with van der Waals surface area (Å²) in [5, 5.41) is 9.95. The van der Waals surface area contributed by atoms with Crippen molar-refractivity contribution in [1.82, 2.24) is 0 Å². The zero-order valence-electron chi connectivity index (χ0n) is 16.6. The van der Waals surface area contributed by atoms with Crippen molar-refractivity contribution in [3.63, 3.8) is 0 Å². The van der Waals surface area contributed by atoms with Gasteiger partial charge < -0.3 is 10.0 Å². The summed E-state index contributed by atoms with van der Waals surface area (Å²) in [7, 11) is 0. The summed E-state index contributed by atoms with van der Waals surface area (Å²) in [6, 6.07) is 8.21. The van der Waals surface area contributed by atoms with Crippen molar-refractivity contribution in [3.05, 3.63) is 29.8 Å². The van der Waals surface area contributed by atoms with Crippen LogP contribution in [0.1, 0.15) is 63.9 Å². The predicted molar refractivity (Wildman–Crippen MR) is 115 cm³/mol. The Morgan fingerprint density at radius 2 is 1.89 bits per heavy atom. The SMILES string of the molecule is CCN(C1=NC(=O)C2CCCCCCC2S1)c1ccc(CCCC(=O)O)cc1. The molecule has 0 spiro atoms. The molecule has 1 aliphatic carbocycles. The van der Waals surface area contributed by atoms with Gasteiger partial charge in [-0.1, -0.05) is 49.6 Å². The number of carboxylic acid groups (broad SMARTS) is 1. The molecule has 0 bridgehead atoms. The molecule has 152 valence electrons. The highest BCUT2D eigenvalue weighted by Crippen LogP contribution is 2.38. The van der Waals surface area contributed by atoms with Gasteiger partial charge in [-0.2, -0.15) is 4.99 Å². The molecule has 1 N–H and O–H groups in total. The maximum Gasteiger partial charge on any atom is 0.303 e. The second-order valence-corrected chi connectivity index (χ2v) is 8.85. The lowest BCUT2D eigenvalue weighted by atomic mass is 9.90. The quantitative estimate of drug-likeness (QED) is 0.734. The van der Waals surface area contributed by atoms with Crippen LogP contribution in [-0.4, -0.2) is 33.9 Å². The van der Waals surface area contributed by atoms with Crippen molar-refractivity contribution in [2.45, 2.75) is 70.0 Å². The van der Waals surface area contributed by atoms with E-state index < -0.39 is 5.97 Å². The number of thioether (sulfide) groups is 1. The average Bonchev–Trinajstić information content (AvgIpc) is 2.64. The van der Waals surface area contributed by atoms with Crippen LogP contribution < -0.4 is 4.90 Å². The van der Waals surface area contributed by atoms with Gasteiger partial charge in [-0.15, -0.1) is 0 Å². The number of aryl methyl sites for hydroxylation is 1. The maximum absolute atomic E-state index is 12.7. The van der Waals surface area contributed by atoms with Crippen LogP contribution in [0.5, 0.6) is 0 Å². The number of carbonyl (C=O) groups is 2. The number of hydrogen-bond donors (Lipinski definition) is 1. The van der Waals surface area contributed by atoms with Crippen LogP contribution in [0, 0.1) is 5.92 Å². The molecule has 2 atom stereocenters. The Hall–Kier alpha value is -1.82. The molecule has 2 aliphatic rings. The molecule has 1 aliphatic heterocycles. The largest absolute Gasteiger partial charge is 0.481 e. The monoisotopic (exact) mass is 402 g/mol. The Morgan fingerprint density at radius 1 is 1.18 bits per heavy atom. The minimum Gasteiger partial charge on any atom is -0.481 e.